The molecule has 1 atom stereocenters. The van der Waals surface area contributed by atoms with Crippen molar-refractivity contribution >= 4 is 21.6 Å². The van der Waals surface area contributed by atoms with Gasteiger partial charge in [-0.2, -0.15) is 5.10 Å². The van der Waals surface area contributed by atoms with Crippen molar-refractivity contribution < 1.29 is 13.2 Å². The largest absolute Gasteiger partial charge is 0.309 e. The van der Waals surface area contributed by atoms with E-state index in [1.165, 1.54) is 6.26 Å². The minimum atomic E-state index is -3.25. The van der Waals surface area contributed by atoms with Gasteiger partial charge in [0.15, 0.2) is 15.7 Å². The number of nitrogens with one attached hydrogen (secondary N) is 1. The number of carbonyl (C=O) groups excluding carboxylic acids is 1. The number of amides is 1. The summed E-state index contributed by atoms with van der Waals surface area (Å²) in [4.78, 5) is 12.4. The zero-order valence-corrected chi connectivity index (χ0v) is 15.6. The van der Waals surface area contributed by atoms with E-state index in [0.717, 1.165) is 16.7 Å². The molecule has 27 heavy (non-hydrogen) atoms. The molecule has 6 nitrogen and oxygen atoms in total. The highest BCUT2D eigenvalue weighted by Crippen LogP contribution is 2.36. The second-order valence-electron chi connectivity index (χ2n) is 6.76. The molecule has 7 heteroatoms. The molecular weight excluding hydrogens is 362 g/mol. The number of sulfone groups is 1. The van der Waals surface area contributed by atoms with Crippen molar-refractivity contribution in [3.8, 4) is 0 Å². The Kier molecular flexibility index (Phi) is 4.31. The molecule has 1 amide bonds. The molecule has 0 saturated carbocycles. The van der Waals surface area contributed by atoms with Gasteiger partial charge in [-0.05, 0) is 23.3 Å². The fourth-order valence-corrected chi connectivity index (χ4v) is 3.99. The van der Waals surface area contributed by atoms with Gasteiger partial charge in [0.2, 0.25) is 5.91 Å². The van der Waals surface area contributed by atoms with Gasteiger partial charge in [-0.15, -0.1) is 0 Å². The van der Waals surface area contributed by atoms with Crippen LogP contribution in [0.25, 0.3) is 0 Å². The Morgan fingerprint density at radius 1 is 1.11 bits per heavy atom. The van der Waals surface area contributed by atoms with Crippen molar-refractivity contribution in [3.63, 3.8) is 0 Å². The first-order valence-electron chi connectivity index (χ1n) is 8.61. The molecule has 138 valence electrons. The summed E-state index contributed by atoms with van der Waals surface area (Å²) in [5, 5.41) is 7.35. The molecule has 0 aliphatic carbocycles. The predicted molar refractivity (Wildman–Crippen MR) is 102 cm³/mol. The highest BCUT2D eigenvalue weighted by Gasteiger charge is 2.29. The van der Waals surface area contributed by atoms with E-state index in [9.17, 15) is 13.2 Å². The van der Waals surface area contributed by atoms with E-state index in [4.69, 9.17) is 0 Å². The molecule has 1 N–H and O–H groups in total. The molecule has 1 unspecified atom stereocenters. The standard InChI is InChI=1S/C20H19N3O3S/c1-27(25,26)16-9-7-15(8-10-16)17-11-19(24)21-20-18(17)13-23(22-20)12-14-5-3-2-4-6-14/h2-10,13,17H,11-12H2,1H3,(H,21,22,24). The van der Waals surface area contributed by atoms with Crippen molar-refractivity contribution in [3.05, 3.63) is 77.5 Å². The van der Waals surface area contributed by atoms with E-state index in [1.54, 1.807) is 24.3 Å². The molecule has 3 aromatic rings. The lowest BCUT2D eigenvalue weighted by molar-refractivity contribution is -0.116. The maximum Gasteiger partial charge on any atom is 0.226 e. The average Bonchev–Trinajstić information content (AvgIpc) is 3.03. The Morgan fingerprint density at radius 2 is 1.81 bits per heavy atom. The van der Waals surface area contributed by atoms with Gasteiger partial charge < -0.3 is 5.32 Å². The maximum atomic E-state index is 12.1. The quantitative estimate of drug-likeness (QED) is 0.753. The number of benzene rings is 2. The summed E-state index contributed by atoms with van der Waals surface area (Å²) in [6.07, 6.45) is 3.45. The van der Waals surface area contributed by atoms with Crippen LogP contribution in [0.15, 0.2) is 65.7 Å². The van der Waals surface area contributed by atoms with Gasteiger partial charge >= 0.3 is 0 Å². The number of rotatable bonds is 4. The SMILES string of the molecule is CS(=O)(=O)c1ccc(C2CC(=O)Nc3nn(Cc4ccccc4)cc32)cc1. The van der Waals surface area contributed by atoms with E-state index in [2.05, 4.69) is 10.4 Å². The maximum absolute atomic E-state index is 12.1. The van der Waals surface area contributed by atoms with Crippen LogP contribution in [0.4, 0.5) is 5.82 Å². The van der Waals surface area contributed by atoms with Gasteiger partial charge in [-0.3, -0.25) is 9.48 Å². The van der Waals surface area contributed by atoms with Gasteiger partial charge in [0.05, 0.1) is 11.4 Å². The third kappa shape index (κ3) is 3.64. The molecule has 4 rings (SSSR count). The zero-order valence-electron chi connectivity index (χ0n) is 14.8. The van der Waals surface area contributed by atoms with E-state index >= 15 is 0 Å². The lowest BCUT2D eigenvalue weighted by Gasteiger charge is -2.22. The number of hydrogen-bond acceptors (Lipinski definition) is 4. The summed E-state index contributed by atoms with van der Waals surface area (Å²) >= 11 is 0. The molecule has 2 aromatic carbocycles. The second-order valence-corrected chi connectivity index (χ2v) is 8.78. The van der Waals surface area contributed by atoms with Crippen molar-refractivity contribution in [1.29, 1.82) is 0 Å². The van der Waals surface area contributed by atoms with E-state index < -0.39 is 9.84 Å². The molecule has 0 bridgehead atoms. The van der Waals surface area contributed by atoms with Crippen LogP contribution in [0.3, 0.4) is 0 Å². The molecule has 1 aliphatic heterocycles. The van der Waals surface area contributed by atoms with Crippen molar-refractivity contribution in [2.24, 2.45) is 0 Å². The summed E-state index contributed by atoms with van der Waals surface area (Å²) < 4.78 is 25.2. The van der Waals surface area contributed by atoms with Gasteiger partial charge in [0, 0.05) is 30.4 Å². The molecule has 1 aromatic heterocycles. The number of aromatic nitrogens is 2. The summed E-state index contributed by atoms with van der Waals surface area (Å²) in [6, 6.07) is 16.7. The summed E-state index contributed by atoms with van der Waals surface area (Å²) in [6.45, 7) is 0.615. The van der Waals surface area contributed by atoms with Gasteiger partial charge in [-0.1, -0.05) is 42.5 Å². The normalized spacial score (nSPS) is 16.6. The second kappa shape index (κ2) is 6.66. The fourth-order valence-electron chi connectivity index (χ4n) is 3.36. The number of nitrogens with zero attached hydrogens (tertiary/aromatic N) is 2. The Morgan fingerprint density at radius 3 is 2.48 bits per heavy atom. The lowest BCUT2D eigenvalue weighted by Crippen LogP contribution is -2.23. The third-order valence-corrected chi connectivity index (χ3v) is 5.84. The van der Waals surface area contributed by atoms with Crippen LogP contribution in [-0.4, -0.2) is 30.4 Å². The summed E-state index contributed by atoms with van der Waals surface area (Å²) in [7, 11) is -3.25. The number of anilines is 1. The van der Waals surface area contributed by atoms with Crippen LogP contribution >= 0.6 is 0 Å². The van der Waals surface area contributed by atoms with Crippen LogP contribution in [0, 0.1) is 0 Å². The first-order valence-corrected chi connectivity index (χ1v) is 10.5. The highest BCUT2D eigenvalue weighted by molar-refractivity contribution is 7.90. The minimum absolute atomic E-state index is 0.0929. The number of fused-ring (bicyclic) bond motifs is 1. The Bertz CT molecular complexity index is 1090. The minimum Gasteiger partial charge on any atom is -0.309 e. The Hall–Kier alpha value is -2.93. The monoisotopic (exact) mass is 381 g/mol. The number of hydrogen-bond donors (Lipinski definition) is 1. The fraction of sp³-hybridized carbons (Fsp3) is 0.200. The Balaban J connectivity index is 1.67. The van der Waals surface area contributed by atoms with Gasteiger partial charge in [0.25, 0.3) is 0 Å². The molecule has 0 saturated heterocycles. The highest BCUT2D eigenvalue weighted by atomic mass is 32.2. The van der Waals surface area contributed by atoms with E-state index in [-0.39, 0.29) is 16.7 Å². The van der Waals surface area contributed by atoms with E-state index in [1.807, 2.05) is 41.2 Å². The molecule has 1 aliphatic rings. The van der Waals surface area contributed by atoms with Gasteiger partial charge in [0.1, 0.15) is 0 Å². The topological polar surface area (TPSA) is 81.1 Å². The third-order valence-electron chi connectivity index (χ3n) is 4.71. The van der Waals surface area contributed by atoms with Crippen molar-refractivity contribution in [2.45, 2.75) is 23.8 Å². The molecule has 2 heterocycles. The van der Waals surface area contributed by atoms with Crippen LogP contribution in [-0.2, 0) is 21.2 Å². The zero-order chi connectivity index (χ0) is 19.0. The summed E-state index contributed by atoms with van der Waals surface area (Å²) in [5.74, 6) is 0.330. The van der Waals surface area contributed by atoms with Crippen LogP contribution in [0.2, 0.25) is 0 Å². The molecular formula is C20H19N3O3S. The van der Waals surface area contributed by atoms with E-state index in [0.29, 0.717) is 18.8 Å². The van der Waals surface area contributed by atoms with Gasteiger partial charge in [-0.25, -0.2) is 8.42 Å². The first-order chi connectivity index (χ1) is 12.9. The smallest absolute Gasteiger partial charge is 0.226 e. The van der Waals surface area contributed by atoms with Crippen molar-refractivity contribution in [2.75, 3.05) is 11.6 Å². The summed E-state index contributed by atoms with van der Waals surface area (Å²) in [5.41, 5.74) is 2.97. The first kappa shape index (κ1) is 17.5. The lowest BCUT2D eigenvalue weighted by atomic mass is 9.87. The number of carbonyl (C=O) groups is 1. The van der Waals surface area contributed by atoms with Crippen LogP contribution in [0.1, 0.15) is 29.0 Å². The van der Waals surface area contributed by atoms with Crippen LogP contribution < -0.4 is 5.32 Å². The molecule has 0 spiro atoms. The van der Waals surface area contributed by atoms with Crippen molar-refractivity contribution in [1.82, 2.24) is 9.78 Å². The average molecular weight is 381 g/mol. The molecule has 0 fully saturated rings. The van der Waals surface area contributed by atoms with Crippen LogP contribution in [0.5, 0.6) is 0 Å². The molecule has 0 radical (unpaired) electrons. The predicted octanol–water partition coefficient (Wildman–Crippen LogP) is 2.81. The Labute approximate surface area is 157 Å².